The lowest BCUT2D eigenvalue weighted by atomic mass is 10.0. The van der Waals surface area contributed by atoms with E-state index in [-0.39, 0.29) is 30.2 Å². The number of hydrogen-bond acceptors (Lipinski definition) is 6. The number of carbonyl (C=O) groups excluding carboxylic acids is 2. The second-order valence-electron chi connectivity index (χ2n) is 5.74. The van der Waals surface area contributed by atoms with E-state index in [1.165, 1.54) is 13.3 Å². The lowest BCUT2D eigenvalue weighted by Gasteiger charge is -2.23. The number of nitriles is 1. The molecule has 2 aromatic rings. The van der Waals surface area contributed by atoms with Crippen LogP contribution in [0.2, 0.25) is 0 Å². The molecule has 8 nitrogen and oxygen atoms in total. The molecule has 8 heteroatoms. The zero-order chi connectivity index (χ0) is 18.5. The average molecular weight is 351 g/mol. The number of hydrogen-bond donors (Lipinski definition) is 1. The Morgan fingerprint density at radius 1 is 1.35 bits per heavy atom. The summed E-state index contributed by atoms with van der Waals surface area (Å²) in [6.07, 6.45) is 3.13. The minimum Gasteiger partial charge on any atom is -0.469 e. The van der Waals surface area contributed by atoms with Crippen molar-refractivity contribution in [1.82, 2.24) is 20.2 Å². The van der Waals surface area contributed by atoms with Gasteiger partial charge in [0.2, 0.25) is 0 Å². The summed E-state index contributed by atoms with van der Waals surface area (Å²) in [6.45, 7) is 0.780. The first-order valence-electron chi connectivity index (χ1n) is 8.06. The monoisotopic (exact) mass is 351 g/mol. The van der Waals surface area contributed by atoms with Crippen molar-refractivity contribution in [3.8, 4) is 17.3 Å². The maximum atomic E-state index is 12.0. The van der Waals surface area contributed by atoms with Crippen LogP contribution in [-0.4, -0.2) is 47.1 Å². The first-order valence-corrected chi connectivity index (χ1v) is 8.06. The van der Waals surface area contributed by atoms with Gasteiger partial charge in [0.05, 0.1) is 37.7 Å². The van der Waals surface area contributed by atoms with Crippen LogP contribution in [0.4, 0.5) is 4.79 Å². The highest BCUT2D eigenvalue weighted by atomic mass is 16.5. The van der Waals surface area contributed by atoms with Gasteiger partial charge in [-0.2, -0.15) is 5.26 Å². The van der Waals surface area contributed by atoms with E-state index in [1.54, 1.807) is 11.1 Å². The van der Waals surface area contributed by atoms with Crippen LogP contribution in [-0.2, 0) is 9.53 Å². The molecule has 0 radical (unpaired) electrons. The van der Waals surface area contributed by atoms with Gasteiger partial charge in [0.25, 0.3) is 0 Å². The topological polar surface area (TPSA) is 108 Å². The summed E-state index contributed by atoms with van der Waals surface area (Å²) in [5.41, 5.74) is 2.75. The molecule has 1 aromatic heterocycles. The number of aromatic nitrogens is 2. The summed E-state index contributed by atoms with van der Waals surface area (Å²) in [4.78, 5) is 33.2. The van der Waals surface area contributed by atoms with Gasteiger partial charge in [0.1, 0.15) is 6.07 Å². The molecular weight excluding hydrogens is 334 g/mol. The number of esters is 1. The fourth-order valence-electron chi connectivity index (χ4n) is 2.82. The molecule has 1 saturated heterocycles. The smallest absolute Gasteiger partial charge is 0.318 e. The molecular formula is C18H17N5O3. The van der Waals surface area contributed by atoms with Crippen LogP contribution >= 0.6 is 0 Å². The molecule has 0 aliphatic carbocycles. The Labute approximate surface area is 150 Å². The third-order valence-corrected chi connectivity index (χ3v) is 4.23. The molecule has 132 valence electrons. The lowest BCUT2D eigenvalue weighted by molar-refractivity contribution is -0.140. The quantitative estimate of drug-likeness (QED) is 0.821. The Kier molecular flexibility index (Phi) is 5.08. The van der Waals surface area contributed by atoms with Gasteiger partial charge in [-0.1, -0.05) is 24.3 Å². The van der Waals surface area contributed by atoms with Gasteiger partial charge in [0.15, 0.2) is 5.69 Å². The Morgan fingerprint density at radius 2 is 2.12 bits per heavy atom. The van der Waals surface area contributed by atoms with Gasteiger partial charge in [0, 0.05) is 18.7 Å². The van der Waals surface area contributed by atoms with Crippen LogP contribution in [0.15, 0.2) is 36.7 Å². The van der Waals surface area contributed by atoms with E-state index in [0.717, 1.165) is 11.1 Å². The van der Waals surface area contributed by atoms with Crippen LogP contribution in [0.1, 0.15) is 23.7 Å². The maximum absolute atomic E-state index is 12.0. The molecule has 2 heterocycles. The van der Waals surface area contributed by atoms with Gasteiger partial charge in [-0.15, -0.1) is 0 Å². The molecule has 1 aliphatic rings. The zero-order valence-corrected chi connectivity index (χ0v) is 14.2. The molecule has 26 heavy (non-hydrogen) atoms. The van der Waals surface area contributed by atoms with Crippen molar-refractivity contribution in [2.24, 2.45) is 0 Å². The summed E-state index contributed by atoms with van der Waals surface area (Å²) in [5.74, 6) is -0.349. The number of benzene rings is 1. The summed E-state index contributed by atoms with van der Waals surface area (Å²) in [5, 5.41) is 11.6. The fraction of sp³-hybridized carbons (Fsp3) is 0.278. The Hall–Kier alpha value is -3.47. The Balaban J connectivity index is 1.75. The molecule has 1 fully saturated rings. The highest BCUT2D eigenvalue weighted by Gasteiger charge is 2.31. The predicted octanol–water partition coefficient (Wildman–Crippen LogP) is 1.64. The first kappa shape index (κ1) is 17.4. The molecule has 0 spiro atoms. The summed E-state index contributed by atoms with van der Waals surface area (Å²) in [6, 6.07) is 9.23. The average Bonchev–Trinajstić information content (AvgIpc) is 3.06. The fourth-order valence-corrected chi connectivity index (χ4v) is 2.82. The van der Waals surface area contributed by atoms with Crippen molar-refractivity contribution < 1.29 is 14.3 Å². The van der Waals surface area contributed by atoms with Crippen LogP contribution in [0.25, 0.3) is 11.3 Å². The minimum atomic E-state index is -0.349. The van der Waals surface area contributed by atoms with Crippen molar-refractivity contribution in [1.29, 1.82) is 5.26 Å². The van der Waals surface area contributed by atoms with Crippen molar-refractivity contribution in [2.45, 2.75) is 12.5 Å². The highest BCUT2D eigenvalue weighted by Crippen LogP contribution is 2.27. The van der Waals surface area contributed by atoms with Crippen LogP contribution in [0, 0.1) is 11.3 Å². The largest absolute Gasteiger partial charge is 0.469 e. The zero-order valence-electron chi connectivity index (χ0n) is 14.2. The van der Waals surface area contributed by atoms with Crippen molar-refractivity contribution in [3.63, 3.8) is 0 Å². The molecule has 1 N–H and O–H groups in total. The molecule has 0 saturated carbocycles. The SMILES string of the molecule is COC(=O)CCN1C(=O)NCC1c1ccc(-c2cnc(C#N)cn2)cc1. The van der Waals surface area contributed by atoms with Gasteiger partial charge < -0.3 is 15.0 Å². The number of nitrogens with one attached hydrogen (secondary N) is 1. The summed E-state index contributed by atoms with van der Waals surface area (Å²) >= 11 is 0. The third-order valence-electron chi connectivity index (χ3n) is 4.23. The van der Waals surface area contributed by atoms with Crippen LogP contribution in [0.3, 0.4) is 0 Å². The van der Waals surface area contributed by atoms with Crippen LogP contribution in [0.5, 0.6) is 0 Å². The van der Waals surface area contributed by atoms with Gasteiger partial charge in [-0.25, -0.2) is 9.78 Å². The summed E-state index contributed by atoms with van der Waals surface area (Å²) < 4.78 is 4.64. The molecule has 1 atom stereocenters. The third kappa shape index (κ3) is 3.62. The summed E-state index contributed by atoms with van der Waals surface area (Å²) in [7, 11) is 1.33. The molecule has 0 bridgehead atoms. The Morgan fingerprint density at radius 3 is 2.73 bits per heavy atom. The Bertz CT molecular complexity index is 843. The second kappa shape index (κ2) is 7.61. The van der Waals surface area contributed by atoms with Crippen molar-refractivity contribution in [3.05, 3.63) is 47.9 Å². The van der Waals surface area contributed by atoms with Gasteiger partial charge in [-0.05, 0) is 5.56 Å². The molecule has 2 amide bonds. The van der Waals surface area contributed by atoms with E-state index < -0.39 is 0 Å². The first-order chi connectivity index (χ1) is 12.6. The van der Waals surface area contributed by atoms with E-state index in [4.69, 9.17) is 5.26 Å². The number of methoxy groups -OCH3 is 1. The number of urea groups is 1. The molecule has 3 rings (SSSR count). The standard InChI is InChI=1S/C18H17N5O3/c1-26-17(24)6-7-23-16(11-22-18(23)25)13-4-2-12(3-5-13)15-10-20-14(8-19)9-21-15/h2-5,9-10,16H,6-7,11H2,1H3,(H,22,25). The molecule has 1 aromatic carbocycles. The molecule has 1 aliphatic heterocycles. The minimum absolute atomic E-state index is 0.145. The van der Waals surface area contributed by atoms with E-state index >= 15 is 0 Å². The van der Waals surface area contributed by atoms with E-state index in [0.29, 0.717) is 18.8 Å². The highest BCUT2D eigenvalue weighted by molar-refractivity contribution is 5.78. The predicted molar refractivity (Wildman–Crippen MR) is 91.7 cm³/mol. The van der Waals surface area contributed by atoms with Gasteiger partial charge in [-0.3, -0.25) is 9.78 Å². The van der Waals surface area contributed by atoms with E-state index in [1.807, 2.05) is 30.3 Å². The number of amides is 2. The number of rotatable bonds is 5. The second-order valence-corrected chi connectivity index (χ2v) is 5.74. The van der Waals surface area contributed by atoms with Crippen LogP contribution < -0.4 is 5.32 Å². The maximum Gasteiger partial charge on any atom is 0.318 e. The van der Waals surface area contributed by atoms with E-state index in [9.17, 15) is 9.59 Å². The number of nitrogens with zero attached hydrogens (tertiary/aromatic N) is 4. The number of carbonyl (C=O) groups is 2. The molecule has 1 unspecified atom stereocenters. The van der Waals surface area contributed by atoms with E-state index in [2.05, 4.69) is 20.0 Å². The lowest BCUT2D eigenvalue weighted by Crippen LogP contribution is -2.32. The van der Waals surface area contributed by atoms with Crippen molar-refractivity contribution in [2.75, 3.05) is 20.2 Å². The van der Waals surface area contributed by atoms with Crippen molar-refractivity contribution >= 4 is 12.0 Å². The number of ether oxygens (including phenoxy) is 1. The normalized spacial score (nSPS) is 16.1. The van der Waals surface area contributed by atoms with Gasteiger partial charge >= 0.3 is 12.0 Å².